The summed E-state index contributed by atoms with van der Waals surface area (Å²) < 4.78 is 5.31. The van der Waals surface area contributed by atoms with Crippen LogP contribution in [-0.4, -0.2) is 166 Å². The summed E-state index contributed by atoms with van der Waals surface area (Å²) in [6.45, 7) is 4.64. The first-order valence-electron chi connectivity index (χ1n) is 28.9. The molecule has 1 aliphatic rings. The van der Waals surface area contributed by atoms with E-state index in [0.29, 0.717) is 47.0 Å². The van der Waals surface area contributed by atoms with Gasteiger partial charge in [0.05, 0.1) is 13.0 Å². The average molecular weight is 1220 g/mol. The molecule has 476 valence electrons. The number of nitrogens with one attached hydrogen (secondary N) is 9. The van der Waals surface area contributed by atoms with Crippen molar-refractivity contribution in [1.29, 1.82) is 0 Å². The van der Waals surface area contributed by atoms with Crippen LogP contribution in [0.2, 0.25) is 0 Å². The Morgan fingerprint density at radius 3 is 1.88 bits per heavy atom. The van der Waals surface area contributed by atoms with Gasteiger partial charge >= 0.3 is 6.09 Å². The molecule has 11 amide bonds. The Bertz CT molecular complexity index is 3100. The Morgan fingerprint density at radius 1 is 0.659 bits per heavy atom. The second-order valence-corrected chi connectivity index (χ2v) is 21.6. The number of aromatic nitrogens is 1. The lowest BCUT2D eigenvalue weighted by Gasteiger charge is -2.30. The van der Waals surface area contributed by atoms with Gasteiger partial charge in [-0.25, -0.2) is 4.79 Å². The third kappa shape index (κ3) is 21.9. The van der Waals surface area contributed by atoms with Crippen LogP contribution < -0.4 is 65.5 Å². The van der Waals surface area contributed by atoms with E-state index in [1.165, 1.54) is 29.2 Å². The van der Waals surface area contributed by atoms with Crippen molar-refractivity contribution in [3.63, 3.8) is 0 Å². The monoisotopic (exact) mass is 1220 g/mol. The number of carbonyl (C=O) groups is 11. The molecular formula is C59H81N15O14. The molecule has 1 fully saturated rings. The molecule has 19 N–H and O–H groups in total. The largest absolute Gasteiger partial charge is 0.508 e. The number of fused-ring (bicyclic) bond motifs is 1. The molecule has 3 aromatic carbocycles. The summed E-state index contributed by atoms with van der Waals surface area (Å²) in [5.41, 5.74) is 24.2. The van der Waals surface area contributed by atoms with Crippen LogP contribution in [0.3, 0.4) is 0 Å². The van der Waals surface area contributed by atoms with E-state index in [0.717, 1.165) is 0 Å². The number of hydrogen-bond donors (Lipinski definition) is 15. The number of nitrogens with zero attached hydrogens (tertiary/aromatic N) is 2. The number of amides is 11. The van der Waals surface area contributed by atoms with E-state index in [2.05, 4.69) is 52.5 Å². The summed E-state index contributed by atoms with van der Waals surface area (Å²) in [5, 5.41) is 41.8. The first kappa shape index (κ1) is 69.0. The molecule has 1 aromatic heterocycles. The fraction of sp³-hybridized carbons (Fsp3) is 0.458. The van der Waals surface area contributed by atoms with Crippen molar-refractivity contribution in [1.82, 2.24) is 52.4 Å². The van der Waals surface area contributed by atoms with E-state index in [4.69, 9.17) is 27.7 Å². The number of aliphatic hydroxyl groups is 1. The number of aromatic hydroxyl groups is 1. The summed E-state index contributed by atoms with van der Waals surface area (Å²) in [5.74, 6) is -9.56. The summed E-state index contributed by atoms with van der Waals surface area (Å²) in [6, 6.07) is 9.31. The molecule has 8 atom stereocenters. The molecule has 0 spiro atoms. The van der Waals surface area contributed by atoms with Gasteiger partial charge in [0.1, 0.15) is 60.7 Å². The number of nitrogens with two attached hydrogens (primary N) is 4. The van der Waals surface area contributed by atoms with Gasteiger partial charge in [-0.05, 0) is 86.3 Å². The van der Waals surface area contributed by atoms with Crippen molar-refractivity contribution in [2.75, 3.05) is 26.2 Å². The number of benzene rings is 3. The number of aromatic amines is 1. The molecule has 4 aromatic rings. The number of phenolic OH excluding ortho intramolecular Hbond substituents is 1. The minimum atomic E-state index is -1.85. The van der Waals surface area contributed by atoms with Crippen LogP contribution in [0.5, 0.6) is 5.75 Å². The number of rotatable bonds is 34. The molecule has 88 heavy (non-hydrogen) atoms. The number of likely N-dealkylation sites (N-methyl/N-ethyl adjacent to an activating group) is 1. The van der Waals surface area contributed by atoms with E-state index < -0.39 is 121 Å². The van der Waals surface area contributed by atoms with Crippen molar-refractivity contribution in [3.8, 4) is 5.75 Å². The summed E-state index contributed by atoms with van der Waals surface area (Å²) in [7, 11) is 0. The SMILES string of the molecule is CCNC(=O)[C@@H]1CCCN1C(=O)[C@H](CCCN=C(N)N)NC(=O)[C@H](CC(C)C)NC(=O)[C@@H](CC(N)=O)NC(=O)[C@H](Cc1ccc(O)cc1)NC(=O)[C@H](CO)NC(=O)[C@H](Cc1c[nH]c2ccccc12)NC(=O)[C@H](CCC(N)=O)NC(=O)OCc1ccccc1. The Morgan fingerprint density at radius 2 is 1.24 bits per heavy atom. The van der Waals surface area contributed by atoms with Crippen LogP contribution in [0.4, 0.5) is 4.79 Å². The van der Waals surface area contributed by atoms with E-state index in [1.807, 2.05) is 0 Å². The highest BCUT2D eigenvalue weighted by Gasteiger charge is 2.39. The zero-order chi connectivity index (χ0) is 64.5. The predicted octanol–water partition coefficient (Wildman–Crippen LogP) is -1.78. The molecule has 0 bridgehead atoms. The van der Waals surface area contributed by atoms with Gasteiger partial charge in [-0.3, -0.25) is 52.9 Å². The van der Waals surface area contributed by atoms with E-state index in [-0.39, 0.29) is 88.2 Å². The van der Waals surface area contributed by atoms with Gasteiger partial charge in [0.15, 0.2) is 5.96 Å². The second-order valence-electron chi connectivity index (χ2n) is 21.6. The van der Waals surface area contributed by atoms with Crippen molar-refractivity contribution < 1.29 is 67.7 Å². The Hall–Kier alpha value is -9.80. The number of likely N-dealkylation sites (tertiary alicyclic amines) is 1. The number of hydrogen-bond acceptors (Lipinski definition) is 15. The van der Waals surface area contributed by atoms with E-state index >= 15 is 0 Å². The number of H-pyrrole nitrogens is 1. The Labute approximate surface area is 508 Å². The minimum absolute atomic E-state index is 0.0210. The fourth-order valence-corrected chi connectivity index (χ4v) is 9.77. The zero-order valence-corrected chi connectivity index (χ0v) is 49.4. The van der Waals surface area contributed by atoms with Crippen LogP contribution in [0.25, 0.3) is 10.9 Å². The molecular weight excluding hydrogens is 1140 g/mol. The average Bonchev–Trinajstić information content (AvgIpc) is 2.21. The number of phenols is 1. The highest BCUT2D eigenvalue weighted by atomic mass is 16.5. The molecule has 1 aliphatic heterocycles. The lowest BCUT2D eigenvalue weighted by Crippen LogP contribution is -2.61. The van der Waals surface area contributed by atoms with Crippen molar-refractivity contribution in [2.24, 2.45) is 33.8 Å². The number of aliphatic imine (C=N–C) groups is 1. The topological polar surface area (TPSA) is 469 Å². The summed E-state index contributed by atoms with van der Waals surface area (Å²) >= 11 is 0. The van der Waals surface area contributed by atoms with Crippen molar-refractivity contribution in [2.45, 2.75) is 140 Å². The lowest BCUT2D eigenvalue weighted by atomic mass is 10.0. The van der Waals surface area contributed by atoms with Gasteiger partial charge < -0.3 is 90.3 Å². The van der Waals surface area contributed by atoms with Crippen LogP contribution in [-0.2, 0) is 72.1 Å². The highest BCUT2D eigenvalue weighted by Crippen LogP contribution is 2.22. The van der Waals surface area contributed by atoms with Gasteiger partial charge in [-0.1, -0.05) is 74.5 Å². The number of primary amides is 2. The second kappa shape index (κ2) is 34.4. The standard InChI is InChI=1S/C59H81N15O14/c1-4-64-56(85)47-17-11-25-74(47)57(86)41(16-10-24-65-58(62)63)67-51(80)42(26-33(2)3)68-54(83)45(29-49(61)78)71-52(81)43(27-34-18-20-37(76)21-19-34)69-55(84)46(31-75)72-53(82)44(28-36-30-66-39-15-9-8-14-38(36)39)70-50(79)40(22-23-48(60)77)73-59(87)88-32-35-12-6-5-7-13-35/h5-9,12-15,18-21,30,33,40-47,66,75-76H,4,10-11,16-17,22-29,31-32H2,1-3H3,(H2,60,77)(H2,61,78)(H,64,85)(H,67,80)(H,68,83)(H,69,84)(H,70,79)(H,71,81)(H,72,82)(H,73,87)(H4,62,63,65)/t40-,41-,42-,43-,44-,45+,46-,47-/m0/s1. The van der Waals surface area contributed by atoms with Crippen molar-refractivity contribution >= 4 is 82.0 Å². The van der Waals surface area contributed by atoms with Crippen LogP contribution >= 0.6 is 0 Å². The first-order chi connectivity index (χ1) is 42.0. The number of carbonyl (C=O) groups excluding carboxylic acids is 11. The minimum Gasteiger partial charge on any atom is -0.508 e. The number of ether oxygens (including phenoxy) is 1. The maximum absolute atomic E-state index is 14.5. The number of aliphatic hydroxyl groups excluding tert-OH is 1. The molecule has 5 rings (SSSR count). The first-order valence-corrected chi connectivity index (χ1v) is 28.9. The number of guanidine groups is 1. The third-order valence-corrected chi connectivity index (χ3v) is 14.2. The third-order valence-electron chi connectivity index (χ3n) is 14.2. The predicted molar refractivity (Wildman–Crippen MR) is 321 cm³/mol. The molecule has 29 heteroatoms. The van der Waals surface area contributed by atoms with Gasteiger partial charge in [-0.2, -0.15) is 0 Å². The Balaban J connectivity index is 1.38. The van der Waals surface area contributed by atoms with Gasteiger partial charge in [0, 0.05) is 56.0 Å². The van der Waals surface area contributed by atoms with Crippen LogP contribution in [0.15, 0.2) is 90.1 Å². The molecule has 0 radical (unpaired) electrons. The van der Waals surface area contributed by atoms with Crippen LogP contribution in [0.1, 0.15) is 88.8 Å². The van der Waals surface area contributed by atoms with Crippen molar-refractivity contribution in [3.05, 3.63) is 102 Å². The maximum Gasteiger partial charge on any atom is 0.408 e. The highest BCUT2D eigenvalue weighted by molar-refractivity contribution is 5.99. The van der Waals surface area contributed by atoms with E-state index in [1.54, 1.807) is 81.6 Å². The number of para-hydroxylation sites is 1. The lowest BCUT2D eigenvalue weighted by molar-refractivity contribution is -0.142. The summed E-state index contributed by atoms with van der Waals surface area (Å²) in [6.07, 6.45) is -0.444. The molecule has 1 saturated heterocycles. The fourth-order valence-electron chi connectivity index (χ4n) is 9.77. The quantitative estimate of drug-likeness (QED) is 0.0140. The molecule has 2 heterocycles. The van der Waals surface area contributed by atoms with E-state index in [9.17, 15) is 63.0 Å². The van der Waals surface area contributed by atoms with Gasteiger partial charge in [0.25, 0.3) is 0 Å². The Kier molecular flexibility index (Phi) is 26.9. The molecule has 0 unspecified atom stereocenters. The normalized spacial score (nSPS) is 15.1. The van der Waals surface area contributed by atoms with Gasteiger partial charge in [-0.15, -0.1) is 0 Å². The molecule has 29 nitrogen and oxygen atoms in total. The zero-order valence-electron chi connectivity index (χ0n) is 49.4. The summed E-state index contributed by atoms with van der Waals surface area (Å²) in [4.78, 5) is 159. The molecule has 0 aliphatic carbocycles. The van der Waals surface area contributed by atoms with Gasteiger partial charge in [0.2, 0.25) is 59.1 Å². The molecule has 0 saturated carbocycles. The smallest absolute Gasteiger partial charge is 0.408 e. The maximum atomic E-state index is 14.5. The number of alkyl carbamates (subject to hydrolysis) is 1. The van der Waals surface area contributed by atoms with Crippen LogP contribution in [0, 0.1) is 5.92 Å².